The van der Waals surface area contributed by atoms with Crippen LogP contribution in [0.25, 0.3) is 6.08 Å². The monoisotopic (exact) mass is 648 g/mol. The van der Waals surface area contributed by atoms with Gasteiger partial charge < -0.3 is 18.9 Å². The quantitative estimate of drug-likeness (QED) is 0.233. The van der Waals surface area contributed by atoms with Crippen molar-refractivity contribution < 1.29 is 23.7 Å². The molecule has 42 heavy (non-hydrogen) atoms. The predicted molar refractivity (Wildman–Crippen MR) is 165 cm³/mol. The van der Waals surface area contributed by atoms with Crippen LogP contribution in [0.3, 0.4) is 0 Å². The topological polar surface area (TPSA) is 88.4 Å². The Bertz CT molecular complexity index is 1830. The van der Waals surface area contributed by atoms with Crippen LogP contribution in [0, 0.1) is 0 Å². The molecule has 0 fully saturated rings. The second kappa shape index (κ2) is 12.8. The van der Waals surface area contributed by atoms with Gasteiger partial charge in [-0.3, -0.25) is 9.36 Å². The second-order valence-corrected chi connectivity index (χ2v) is 11.2. The molecule has 0 saturated heterocycles. The number of hydrogen-bond donors (Lipinski definition) is 0. The Labute approximate surface area is 255 Å². The van der Waals surface area contributed by atoms with Gasteiger partial charge in [0.1, 0.15) is 12.4 Å². The number of methoxy groups -OCH3 is 2. The minimum absolute atomic E-state index is 0.205. The lowest BCUT2D eigenvalue weighted by molar-refractivity contribution is -0.139. The van der Waals surface area contributed by atoms with Gasteiger partial charge in [0.15, 0.2) is 16.3 Å². The summed E-state index contributed by atoms with van der Waals surface area (Å²) in [5.41, 5.74) is 3.06. The summed E-state index contributed by atoms with van der Waals surface area (Å²) in [6.45, 7) is 4.09. The summed E-state index contributed by atoms with van der Waals surface area (Å²) >= 11 is 4.86. The first kappa shape index (κ1) is 29.3. The number of rotatable bonds is 9. The van der Waals surface area contributed by atoms with E-state index in [1.165, 1.54) is 11.3 Å². The highest BCUT2D eigenvalue weighted by Crippen LogP contribution is 2.37. The lowest BCUT2D eigenvalue weighted by Gasteiger charge is -2.24. The molecule has 1 aliphatic rings. The van der Waals surface area contributed by atoms with Crippen LogP contribution in [-0.4, -0.2) is 31.4 Å². The van der Waals surface area contributed by atoms with Crippen molar-refractivity contribution in [2.75, 3.05) is 20.8 Å². The molecule has 0 aliphatic carbocycles. The zero-order valence-corrected chi connectivity index (χ0v) is 26.0. The summed E-state index contributed by atoms with van der Waals surface area (Å²) in [6.07, 6.45) is 1.78. The van der Waals surface area contributed by atoms with E-state index in [1.807, 2.05) is 54.6 Å². The molecule has 4 aromatic rings. The van der Waals surface area contributed by atoms with Gasteiger partial charge in [-0.15, -0.1) is 0 Å². The van der Waals surface area contributed by atoms with E-state index in [0.717, 1.165) is 16.7 Å². The Morgan fingerprint density at radius 1 is 1.07 bits per heavy atom. The van der Waals surface area contributed by atoms with Crippen molar-refractivity contribution in [2.24, 2.45) is 4.99 Å². The van der Waals surface area contributed by atoms with Crippen molar-refractivity contribution in [3.8, 4) is 17.2 Å². The first-order valence-corrected chi connectivity index (χ1v) is 14.8. The Hall–Kier alpha value is -4.15. The maximum Gasteiger partial charge on any atom is 0.338 e. The van der Waals surface area contributed by atoms with Crippen LogP contribution in [0.1, 0.15) is 36.6 Å². The molecule has 1 aliphatic heterocycles. The molecule has 0 amide bonds. The van der Waals surface area contributed by atoms with Gasteiger partial charge in [0.25, 0.3) is 5.56 Å². The van der Waals surface area contributed by atoms with E-state index in [0.29, 0.717) is 48.9 Å². The van der Waals surface area contributed by atoms with Crippen LogP contribution < -0.4 is 29.1 Å². The summed E-state index contributed by atoms with van der Waals surface area (Å²) < 4.78 is 25.1. The molecule has 1 atom stereocenters. The average Bonchev–Trinajstić information content (AvgIpc) is 3.30. The van der Waals surface area contributed by atoms with Crippen LogP contribution >= 0.6 is 27.3 Å². The van der Waals surface area contributed by atoms with E-state index in [4.69, 9.17) is 18.9 Å². The Morgan fingerprint density at radius 2 is 1.81 bits per heavy atom. The summed E-state index contributed by atoms with van der Waals surface area (Å²) in [5.74, 6) is 1.25. The molecule has 3 aromatic carbocycles. The zero-order chi connectivity index (χ0) is 29.8. The van der Waals surface area contributed by atoms with Gasteiger partial charge in [0, 0.05) is 0 Å². The average molecular weight is 650 g/mol. The number of benzene rings is 3. The number of nitrogens with zero attached hydrogens (tertiary/aromatic N) is 2. The van der Waals surface area contributed by atoms with Gasteiger partial charge >= 0.3 is 5.97 Å². The number of carbonyl (C=O) groups is 1. The number of aromatic nitrogens is 1. The van der Waals surface area contributed by atoms with Crippen LogP contribution in [0.2, 0.25) is 0 Å². The van der Waals surface area contributed by atoms with Gasteiger partial charge in [0.2, 0.25) is 0 Å². The molecule has 0 spiro atoms. The Morgan fingerprint density at radius 3 is 2.48 bits per heavy atom. The Balaban J connectivity index is 1.58. The predicted octanol–water partition coefficient (Wildman–Crippen LogP) is 5.16. The number of fused-ring (bicyclic) bond motifs is 1. The minimum Gasteiger partial charge on any atom is -0.497 e. The van der Waals surface area contributed by atoms with E-state index < -0.39 is 12.0 Å². The van der Waals surface area contributed by atoms with Crippen molar-refractivity contribution >= 4 is 39.3 Å². The molecule has 0 bridgehead atoms. The number of thiazole rings is 1. The second-order valence-electron chi connectivity index (χ2n) is 9.38. The highest BCUT2D eigenvalue weighted by atomic mass is 79.9. The smallest absolute Gasteiger partial charge is 0.338 e. The van der Waals surface area contributed by atoms with Crippen molar-refractivity contribution in [1.29, 1.82) is 0 Å². The number of hydrogen-bond acceptors (Lipinski definition) is 8. The fourth-order valence-electron chi connectivity index (χ4n) is 4.74. The SMILES string of the molecule is CCOC(=O)C1=C(C)N=c2s/c(=C\c3cc(Br)c(OCc4ccccc4)c(OC)c3)c(=O)n2C1c1ccc(OC)cc1. The molecule has 216 valence electrons. The number of ether oxygens (including phenoxy) is 4. The van der Waals surface area contributed by atoms with Crippen molar-refractivity contribution in [3.05, 3.63) is 119 Å². The van der Waals surface area contributed by atoms with Gasteiger partial charge in [-0.05, 0) is 76.8 Å². The van der Waals surface area contributed by atoms with Crippen LogP contribution in [-0.2, 0) is 16.1 Å². The molecule has 8 nitrogen and oxygen atoms in total. The molecular formula is C32H29BrN2O6S. The summed E-state index contributed by atoms with van der Waals surface area (Å²) in [4.78, 5) is 32.2. The molecule has 2 heterocycles. The summed E-state index contributed by atoms with van der Waals surface area (Å²) in [7, 11) is 3.16. The largest absolute Gasteiger partial charge is 0.497 e. The molecule has 1 aromatic heterocycles. The summed E-state index contributed by atoms with van der Waals surface area (Å²) in [5, 5.41) is 0. The van der Waals surface area contributed by atoms with E-state index in [1.54, 1.807) is 50.8 Å². The fourth-order valence-corrected chi connectivity index (χ4v) is 6.36. The van der Waals surface area contributed by atoms with Crippen molar-refractivity contribution in [3.63, 3.8) is 0 Å². The van der Waals surface area contributed by atoms with E-state index in [2.05, 4.69) is 20.9 Å². The highest BCUT2D eigenvalue weighted by molar-refractivity contribution is 9.10. The van der Waals surface area contributed by atoms with Crippen LogP contribution in [0.15, 0.2) is 92.3 Å². The van der Waals surface area contributed by atoms with Crippen molar-refractivity contribution in [1.82, 2.24) is 4.57 Å². The van der Waals surface area contributed by atoms with Gasteiger partial charge in [0.05, 0.1) is 47.1 Å². The fraction of sp³-hybridized carbons (Fsp3) is 0.219. The highest BCUT2D eigenvalue weighted by Gasteiger charge is 2.33. The van der Waals surface area contributed by atoms with Crippen LogP contribution in [0.5, 0.6) is 17.2 Å². The third kappa shape index (κ3) is 5.91. The minimum atomic E-state index is -0.705. The van der Waals surface area contributed by atoms with Gasteiger partial charge in [-0.25, -0.2) is 9.79 Å². The maximum atomic E-state index is 13.9. The molecule has 0 N–H and O–H groups in total. The first-order valence-electron chi connectivity index (χ1n) is 13.2. The number of esters is 1. The van der Waals surface area contributed by atoms with Gasteiger partial charge in [-0.2, -0.15) is 0 Å². The van der Waals surface area contributed by atoms with Crippen molar-refractivity contribution in [2.45, 2.75) is 26.5 Å². The summed E-state index contributed by atoms with van der Waals surface area (Å²) in [6, 6.07) is 20.1. The molecule has 5 rings (SSSR count). The zero-order valence-electron chi connectivity index (χ0n) is 23.5. The maximum absolute atomic E-state index is 13.9. The van der Waals surface area contributed by atoms with Crippen LogP contribution in [0.4, 0.5) is 0 Å². The molecule has 1 unspecified atom stereocenters. The molecule has 0 saturated carbocycles. The van der Waals surface area contributed by atoms with Gasteiger partial charge in [-0.1, -0.05) is 53.8 Å². The third-order valence-corrected chi connectivity index (χ3v) is 8.30. The third-order valence-electron chi connectivity index (χ3n) is 6.72. The van der Waals surface area contributed by atoms with E-state index in [-0.39, 0.29) is 12.2 Å². The van der Waals surface area contributed by atoms with E-state index >= 15 is 0 Å². The number of halogens is 1. The molecular weight excluding hydrogens is 620 g/mol. The first-order chi connectivity index (χ1) is 20.3. The number of carbonyl (C=O) groups excluding carboxylic acids is 1. The lowest BCUT2D eigenvalue weighted by Crippen LogP contribution is -2.39. The standard InChI is InChI=1S/C32H29BrN2O6S/c1-5-40-31(37)27-19(2)34-32-35(28(27)22-11-13-23(38-3)14-12-22)30(36)26(42-32)17-21-15-24(33)29(25(16-21)39-4)41-18-20-9-7-6-8-10-20/h6-17,28H,5,18H2,1-4H3/b26-17-. The lowest BCUT2D eigenvalue weighted by atomic mass is 9.96. The Kier molecular flexibility index (Phi) is 8.94. The normalized spacial score (nSPS) is 14.7. The van der Waals surface area contributed by atoms with E-state index in [9.17, 15) is 9.59 Å². The number of allylic oxidation sites excluding steroid dienone is 1. The molecule has 0 radical (unpaired) electrons. The molecule has 10 heteroatoms.